The molecule has 6 nitrogen and oxygen atoms in total. The van der Waals surface area contributed by atoms with E-state index in [4.69, 9.17) is 0 Å². The molecule has 1 aromatic carbocycles. The number of rotatable bonds is 4. The lowest BCUT2D eigenvalue weighted by molar-refractivity contribution is 0.0946. The van der Waals surface area contributed by atoms with Crippen molar-refractivity contribution >= 4 is 22.9 Å². The molecule has 1 N–H and O–H groups in total. The van der Waals surface area contributed by atoms with Crippen molar-refractivity contribution in [1.82, 2.24) is 19.4 Å². The second kappa shape index (κ2) is 8.51. The largest absolute Gasteiger partial charge is 0.312 e. The quantitative estimate of drug-likeness (QED) is 0.466. The fourth-order valence-electron chi connectivity index (χ4n) is 4.45. The highest BCUT2D eigenvalue weighted by molar-refractivity contribution is 7.07. The molecule has 31 heavy (non-hydrogen) atoms. The van der Waals surface area contributed by atoms with Crippen molar-refractivity contribution in [1.29, 1.82) is 0 Å². The Hall–Kier alpha value is -3.19. The molecule has 0 aliphatic heterocycles. The Balaban J connectivity index is 1.53. The third-order valence-electron chi connectivity index (χ3n) is 5.92. The van der Waals surface area contributed by atoms with Crippen LogP contribution in [0, 0.1) is 6.92 Å². The summed E-state index contributed by atoms with van der Waals surface area (Å²) in [4.78, 5) is 18.3. The van der Waals surface area contributed by atoms with Gasteiger partial charge in [0.15, 0.2) is 0 Å². The number of aryl methyl sites for hydroxylation is 1. The number of nitrogens with zero attached hydrogens (tertiary/aromatic N) is 4. The summed E-state index contributed by atoms with van der Waals surface area (Å²) < 4.78 is 4.12. The molecular weight excluding hydrogens is 406 g/mol. The van der Waals surface area contributed by atoms with Gasteiger partial charge in [0.1, 0.15) is 11.3 Å². The summed E-state index contributed by atoms with van der Waals surface area (Å²) in [6.45, 7) is 1.85. The molecule has 0 spiro atoms. The van der Waals surface area contributed by atoms with Gasteiger partial charge < -0.3 is 4.57 Å². The molecule has 0 radical (unpaired) electrons. The van der Waals surface area contributed by atoms with Crippen molar-refractivity contribution in [2.45, 2.75) is 45.1 Å². The molecule has 158 valence electrons. The minimum absolute atomic E-state index is 0.249. The smallest absolute Gasteiger partial charge is 0.290 e. The van der Waals surface area contributed by atoms with Crippen molar-refractivity contribution in [2.75, 3.05) is 0 Å². The Bertz CT molecular complexity index is 1280. The summed E-state index contributed by atoms with van der Waals surface area (Å²) in [5.41, 5.74) is 7.09. The molecule has 1 saturated carbocycles. The van der Waals surface area contributed by atoms with Gasteiger partial charge in [-0.3, -0.25) is 9.20 Å². The van der Waals surface area contributed by atoms with Crippen LogP contribution < -0.4 is 10.2 Å². The van der Waals surface area contributed by atoms with Crippen LogP contribution in [0.2, 0.25) is 0 Å². The van der Waals surface area contributed by atoms with E-state index in [-0.39, 0.29) is 5.91 Å². The van der Waals surface area contributed by atoms with Crippen LogP contribution in [0.1, 0.15) is 54.3 Å². The van der Waals surface area contributed by atoms with Crippen LogP contribution in [0.15, 0.2) is 65.2 Å². The number of imidazole rings is 1. The first-order valence-corrected chi connectivity index (χ1v) is 11.6. The SMILES string of the molecule is Cc1nc2ccccn2c1C(=O)N/N=c1/scc(-c2ccccc2)n1C1CCCCC1. The van der Waals surface area contributed by atoms with Gasteiger partial charge in [-0.1, -0.05) is 55.7 Å². The van der Waals surface area contributed by atoms with E-state index in [0.29, 0.717) is 17.4 Å². The van der Waals surface area contributed by atoms with E-state index in [2.05, 4.69) is 49.7 Å². The number of carbonyl (C=O) groups excluding carboxylic acids is 1. The fraction of sp³-hybridized carbons (Fsp3) is 0.292. The maximum Gasteiger partial charge on any atom is 0.290 e. The summed E-state index contributed by atoms with van der Waals surface area (Å²) in [6, 6.07) is 16.5. The molecule has 5 rings (SSSR count). The Labute approximate surface area is 184 Å². The summed E-state index contributed by atoms with van der Waals surface area (Å²) >= 11 is 1.57. The molecule has 4 aromatic rings. The first kappa shape index (κ1) is 19.8. The lowest BCUT2D eigenvalue weighted by Crippen LogP contribution is -2.28. The van der Waals surface area contributed by atoms with Gasteiger partial charge in [0.25, 0.3) is 5.91 Å². The van der Waals surface area contributed by atoms with Crippen LogP contribution in [-0.2, 0) is 0 Å². The number of fused-ring (bicyclic) bond motifs is 1. The van der Waals surface area contributed by atoms with E-state index in [1.807, 2.05) is 37.4 Å². The third-order valence-corrected chi connectivity index (χ3v) is 6.76. The van der Waals surface area contributed by atoms with Gasteiger partial charge in [-0.25, -0.2) is 10.4 Å². The molecule has 0 unspecified atom stereocenters. The number of carbonyl (C=O) groups is 1. The molecule has 0 saturated heterocycles. The standard InChI is InChI=1S/C24H25N5OS/c1-17-22(28-15-9-8-14-21(28)25-17)23(30)26-27-24-29(19-12-6-3-7-13-19)20(16-31-24)18-10-4-2-5-11-18/h2,4-5,8-11,14-16,19H,3,6-7,12-13H2,1H3,(H,26,30)/b27-24+. The van der Waals surface area contributed by atoms with E-state index in [1.165, 1.54) is 24.8 Å². The van der Waals surface area contributed by atoms with E-state index >= 15 is 0 Å². The summed E-state index contributed by atoms with van der Waals surface area (Å²) in [7, 11) is 0. The van der Waals surface area contributed by atoms with Crippen LogP contribution in [0.3, 0.4) is 0 Å². The number of amides is 1. The predicted molar refractivity (Wildman–Crippen MR) is 123 cm³/mol. The molecule has 1 amide bonds. The number of pyridine rings is 1. The molecule has 1 aliphatic carbocycles. The van der Waals surface area contributed by atoms with Crippen LogP contribution >= 0.6 is 11.3 Å². The number of nitrogens with one attached hydrogen (secondary N) is 1. The average Bonchev–Trinajstić information content (AvgIpc) is 3.39. The second-order valence-corrected chi connectivity index (χ2v) is 8.80. The van der Waals surface area contributed by atoms with Gasteiger partial charge in [-0.2, -0.15) is 0 Å². The molecule has 1 fully saturated rings. The number of hydrogen-bond donors (Lipinski definition) is 1. The van der Waals surface area contributed by atoms with Crippen LogP contribution in [-0.4, -0.2) is 19.9 Å². The van der Waals surface area contributed by atoms with Crippen molar-refractivity contribution in [3.63, 3.8) is 0 Å². The third kappa shape index (κ3) is 3.81. The monoisotopic (exact) mass is 431 g/mol. The minimum Gasteiger partial charge on any atom is -0.312 e. The topological polar surface area (TPSA) is 63.7 Å². The first-order valence-electron chi connectivity index (χ1n) is 10.8. The average molecular weight is 432 g/mol. The van der Waals surface area contributed by atoms with Gasteiger partial charge in [0.2, 0.25) is 4.80 Å². The summed E-state index contributed by atoms with van der Waals surface area (Å²) in [5, 5.41) is 6.72. The van der Waals surface area contributed by atoms with Gasteiger partial charge >= 0.3 is 0 Å². The zero-order valence-corrected chi connectivity index (χ0v) is 18.3. The van der Waals surface area contributed by atoms with E-state index in [9.17, 15) is 4.79 Å². The number of aromatic nitrogens is 3. The number of benzene rings is 1. The van der Waals surface area contributed by atoms with Crippen molar-refractivity contribution < 1.29 is 4.79 Å². The van der Waals surface area contributed by atoms with Gasteiger partial charge in [-0.05, 0) is 37.5 Å². The Kier molecular flexibility index (Phi) is 5.42. The van der Waals surface area contributed by atoms with Crippen LogP contribution in [0.25, 0.3) is 16.9 Å². The second-order valence-electron chi connectivity index (χ2n) is 7.96. The minimum atomic E-state index is -0.249. The highest BCUT2D eigenvalue weighted by atomic mass is 32.1. The molecule has 1 aliphatic rings. The molecule has 0 atom stereocenters. The molecule has 3 heterocycles. The van der Waals surface area contributed by atoms with E-state index in [1.54, 1.807) is 15.7 Å². The van der Waals surface area contributed by atoms with E-state index < -0.39 is 0 Å². The van der Waals surface area contributed by atoms with E-state index in [0.717, 1.165) is 29.0 Å². The number of hydrogen-bond acceptors (Lipinski definition) is 4. The lowest BCUT2D eigenvalue weighted by atomic mass is 9.95. The van der Waals surface area contributed by atoms with Gasteiger partial charge in [-0.15, -0.1) is 16.4 Å². The summed E-state index contributed by atoms with van der Waals surface area (Å²) in [6.07, 6.45) is 7.89. The normalized spacial score (nSPS) is 15.5. The Morgan fingerprint density at radius 3 is 2.68 bits per heavy atom. The van der Waals surface area contributed by atoms with Crippen molar-refractivity contribution in [3.8, 4) is 11.3 Å². The van der Waals surface area contributed by atoms with Crippen LogP contribution in [0.4, 0.5) is 0 Å². The number of thiazole rings is 1. The van der Waals surface area contributed by atoms with Crippen molar-refractivity contribution in [3.05, 3.63) is 76.3 Å². The molecule has 7 heteroatoms. The highest BCUT2D eigenvalue weighted by Gasteiger charge is 2.21. The van der Waals surface area contributed by atoms with Crippen molar-refractivity contribution in [2.24, 2.45) is 5.10 Å². The summed E-state index contributed by atoms with van der Waals surface area (Å²) in [5.74, 6) is -0.249. The first-order chi connectivity index (χ1) is 15.2. The molecular formula is C24H25N5OS. The maximum atomic E-state index is 13.0. The zero-order valence-electron chi connectivity index (χ0n) is 17.5. The lowest BCUT2D eigenvalue weighted by Gasteiger charge is -2.25. The molecule has 0 bridgehead atoms. The highest BCUT2D eigenvalue weighted by Crippen LogP contribution is 2.32. The van der Waals surface area contributed by atoms with Crippen LogP contribution in [0.5, 0.6) is 0 Å². The Morgan fingerprint density at radius 1 is 1.10 bits per heavy atom. The zero-order chi connectivity index (χ0) is 21.2. The molecule has 3 aromatic heterocycles. The predicted octanol–water partition coefficient (Wildman–Crippen LogP) is 4.92. The maximum absolute atomic E-state index is 13.0. The fourth-order valence-corrected chi connectivity index (χ4v) is 5.38. The van der Waals surface area contributed by atoms with Gasteiger partial charge in [0.05, 0.1) is 11.4 Å². The Morgan fingerprint density at radius 2 is 1.87 bits per heavy atom. The van der Waals surface area contributed by atoms with Gasteiger partial charge in [0, 0.05) is 17.6 Å².